The van der Waals surface area contributed by atoms with Crippen LogP contribution in [0, 0.1) is 18.3 Å². The maximum Gasteiger partial charge on any atom is 0.137 e. The van der Waals surface area contributed by atoms with Crippen LogP contribution in [0.15, 0.2) is 36.4 Å². The number of hydrogen-bond acceptors (Lipinski definition) is 3. The van der Waals surface area contributed by atoms with Gasteiger partial charge in [0.05, 0.1) is 23.8 Å². The molecular formula is C16H15ClN2O. The van der Waals surface area contributed by atoms with Gasteiger partial charge in [-0.1, -0.05) is 23.7 Å². The second kappa shape index (κ2) is 6.31. The van der Waals surface area contributed by atoms with E-state index in [1.807, 2.05) is 43.3 Å². The number of benzene rings is 2. The number of rotatable bonds is 4. The number of ether oxygens (including phenoxy) is 1. The predicted molar refractivity (Wildman–Crippen MR) is 81.2 cm³/mol. The van der Waals surface area contributed by atoms with Crippen LogP contribution < -0.4 is 10.1 Å². The van der Waals surface area contributed by atoms with Gasteiger partial charge >= 0.3 is 0 Å². The quantitative estimate of drug-likeness (QED) is 0.919. The monoisotopic (exact) mass is 286 g/mol. The van der Waals surface area contributed by atoms with Crippen LogP contribution in [0.4, 0.5) is 5.69 Å². The van der Waals surface area contributed by atoms with Crippen LogP contribution in [0.25, 0.3) is 0 Å². The van der Waals surface area contributed by atoms with Crippen LogP contribution in [0.2, 0.25) is 5.02 Å². The van der Waals surface area contributed by atoms with E-state index in [1.54, 1.807) is 7.11 Å². The topological polar surface area (TPSA) is 45.0 Å². The van der Waals surface area contributed by atoms with Gasteiger partial charge in [-0.25, -0.2) is 0 Å². The molecule has 0 fully saturated rings. The highest BCUT2D eigenvalue weighted by atomic mass is 35.5. The molecule has 0 bridgehead atoms. The molecule has 0 spiro atoms. The largest absolute Gasteiger partial charge is 0.495 e. The molecule has 20 heavy (non-hydrogen) atoms. The summed E-state index contributed by atoms with van der Waals surface area (Å²) in [6.45, 7) is 2.64. The number of aryl methyl sites for hydroxylation is 1. The van der Waals surface area contributed by atoms with E-state index in [0.29, 0.717) is 22.9 Å². The maximum absolute atomic E-state index is 8.92. The zero-order valence-corrected chi connectivity index (χ0v) is 12.2. The highest BCUT2D eigenvalue weighted by Gasteiger charge is 2.03. The molecule has 0 aliphatic heterocycles. The average Bonchev–Trinajstić information content (AvgIpc) is 2.46. The Morgan fingerprint density at radius 2 is 2.05 bits per heavy atom. The van der Waals surface area contributed by atoms with Gasteiger partial charge in [-0.3, -0.25) is 0 Å². The molecule has 0 saturated heterocycles. The molecule has 0 heterocycles. The molecule has 0 unspecified atom stereocenters. The van der Waals surface area contributed by atoms with E-state index in [4.69, 9.17) is 21.6 Å². The molecule has 0 amide bonds. The predicted octanol–water partition coefficient (Wildman–Crippen LogP) is 4.14. The van der Waals surface area contributed by atoms with Crippen molar-refractivity contribution in [2.24, 2.45) is 0 Å². The lowest BCUT2D eigenvalue weighted by Gasteiger charge is -2.11. The summed E-state index contributed by atoms with van der Waals surface area (Å²) in [4.78, 5) is 0. The molecule has 0 radical (unpaired) electrons. The molecule has 0 aliphatic rings. The summed E-state index contributed by atoms with van der Waals surface area (Å²) in [6, 6.07) is 13.4. The summed E-state index contributed by atoms with van der Waals surface area (Å²) in [5.74, 6) is 0.665. The second-order valence-electron chi connectivity index (χ2n) is 4.46. The van der Waals surface area contributed by atoms with E-state index in [2.05, 4.69) is 11.4 Å². The summed E-state index contributed by atoms with van der Waals surface area (Å²) < 4.78 is 5.12. The summed E-state index contributed by atoms with van der Waals surface area (Å²) in [7, 11) is 1.59. The third-order valence-corrected chi connectivity index (χ3v) is 3.36. The Bertz CT molecular complexity index is 662. The minimum absolute atomic E-state index is 0.592. The zero-order valence-electron chi connectivity index (χ0n) is 11.4. The van der Waals surface area contributed by atoms with Gasteiger partial charge in [-0.05, 0) is 42.3 Å². The van der Waals surface area contributed by atoms with Crippen LogP contribution >= 0.6 is 11.6 Å². The van der Waals surface area contributed by atoms with Crippen LogP contribution in [0.1, 0.15) is 16.7 Å². The lowest BCUT2D eigenvalue weighted by Crippen LogP contribution is -2.01. The Morgan fingerprint density at radius 3 is 2.70 bits per heavy atom. The Kier molecular flexibility index (Phi) is 4.49. The number of methoxy groups -OCH3 is 1. The average molecular weight is 287 g/mol. The third kappa shape index (κ3) is 3.23. The van der Waals surface area contributed by atoms with Gasteiger partial charge in [0.25, 0.3) is 0 Å². The fourth-order valence-corrected chi connectivity index (χ4v) is 2.18. The molecule has 0 saturated carbocycles. The summed E-state index contributed by atoms with van der Waals surface area (Å²) >= 11 is 6.09. The van der Waals surface area contributed by atoms with Crippen LogP contribution in [-0.2, 0) is 6.54 Å². The summed E-state index contributed by atoms with van der Waals surface area (Å²) in [5.41, 5.74) is 3.75. The fraction of sp³-hybridized carbons (Fsp3) is 0.188. The number of nitrogens with one attached hydrogen (secondary N) is 1. The van der Waals surface area contributed by atoms with Crippen molar-refractivity contribution in [1.29, 1.82) is 5.26 Å². The Hall–Kier alpha value is -2.18. The van der Waals surface area contributed by atoms with Crippen molar-refractivity contribution in [1.82, 2.24) is 0 Å². The molecule has 2 aromatic carbocycles. The second-order valence-corrected chi connectivity index (χ2v) is 4.87. The Morgan fingerprint density at radius 1 is 1.25 bits per heavy atom. The Balaban J connectivity index is 2.13. The molecule has 2 rings (SSSR count). The molecule has 0 aliphatic carbocycles. The van der Waals surface area contributed by atoms with Gasteiger partial charge in [0.1, 0.15) is 5.75 Å². The zero-order chi connectivity index (χ0) is 14.5. The van der Waals surface area contributed by atoms with Crippen molar-refractivity contribution >= 4 is 17.3 Å². The van der Waals surface area contributed by atoms with E-state index in [9.17, 15) is 0 Å². The fourth-order valence-electron chi connectivity index (χ4n) is 1.90. The standard InChI is InChI=1S/C16H15ClN2O/c1-11-3-4-12(9-18)8-15(11)19-10-13-5-6-16(20-2)14(17)7-13/h3-8,19H,10H2,1-2H3. The molecule has 2 aromatic rings. The molecule has 102 valence electrons. The first kappa shape index (κ1) is 14.2. The highest BCUT2D eigenvalue weighted by Crippen LogP contribution is 2.25. The first-order valence-corrected chi connectivity index (χ1v) is 6.59. The van der Waals surface area contributed by atoms with Crippen molar-refractivity contribution in [3.05, 3.63) is 58.1 Å². The first-order valence-electron chi connectivity index (χ1n) is 6.21. The number of nitrogens with zero attached hydrogens (tertiary/aromatic N) is 1. The van der Waals surface area contributed by atoms with Crippen LogP contribution in [-0.4, -0.2) is 7.11 Å². The van der Waals surface area contributed by atoms with Gasteiger partial charge in [0.2, 0.25) is 0 Å². The van der Waals surface area contributed by atoms with E-state index in [1.165, 1.54) is 0 Å². The van der Waals surface area contributed by atoms with Crippen LogP contribution in [0.5, 0.6) is 5.75 Å². The van der Waals surface area contributed by atoms with E-state index in [0.717, 1.165) is 16.8 Å². The van der Waals surface area contributed by atoms with Gasteiger partial charge in [0, 0.05) is 12.2 Å². The molecule has 1 N–H and O–H groups in total. The minimum atomic E-state index is 0.592. The summed E-state index contributed by atoms with van der Waals surface area (Å²) in [6.07, 6.45) is 0. The van der Waals surface area contributed by atoms with Crippen molar-refractivity contribution < 1.29 is 4.74 Å². The lowest BCUT2D eigenvalue weighted by molar-refractivity contribution is 0.415. The van der Waals surface area contributed by atoms with E-state index in [-0.39, 0.29) is 0 Å². The third-order valence-electron chi connectivity index (χ3n) is 3.07. The van der Waals surface area contributed by atoms with E-state index < -0.39 is 0 Å². The molecular weight excluding hydrogens is 272 g/mol. The SMILES string of the molecule is COc1ccc(CNc2cc(C#N)ccc2C)cc1Cl. The smallest absolute Gasteiger partial charge is 0.137 e. The van der Waals surface area contributed by atoms with E-state index >= 15 is 0 Å². The normalized spacial score (nSPS) is 9.90. The lowest BCUT2D eigenvalue weighted by atomic mass is 10.1. The Labute approximate surface area is 123 Å². The number of halogens is 1. The highest BCUT2D eigenvalue weighted by molar-refractivity contribution is 6.32. The van der Waals surface area contributed by atoms with Gasteiger partial charge in [0.15, 0.2) is 0 Å². The number of hydrogen-bond donors (Lipinski definition) is 1. The van der Waals surface area contributed by atoms with Gasteiger partial charge in [-0.15, -0.1) is 0 Å². The number of nitriles is 1. The molecule has 0 atom stereocenters. The van der Waals surface area contributed by atoms with Gasteiger partial charge < -0.3 is 10.1 Å². The number of anilines is 1. The summed E-state index contributed by atoms with van der Waals surface area (Å²) in [5, 5.41) is 12.8. The minimum Gasteiger partial charge on any atom is -0.495 e. The van der Waals surface area contributed by atoms with Crippen molar-refractivity contribution in [2.75, 3.05) is 12.4 Å². The van der Waals surface area contributed by atoms with Crippen molar-refractivity contribution in [3.63, 3.8) is 0 Å². The molecule has 4 heteroatoms. The molecule has 0 aromatic heterocycles. The van der Waals surface area contributed by atoms with Crippen LogP contribution in [0.3, 0.4) is 0 Å². The van der Waals surface area contributed by atoms with Crippen molar-refractivity contribution in [3.8, 4) is 11.8 Å². The maximum atomic E-state index is 8.92. The van der Waals surface area contributed by atoms with Gasteiger partial charge in [-0.2, -0.15) is 5.26 Å². The first-order chi connectivity index (χ1) is 9.63. The van der Waals surface area contributed by atoms with Crippen molar-refractivity contribution in [2.45, 2.75) is 13.5 Å². The molecule has 3 nitrogen and oxygen atoms in total.